The van der Waals surface area contributed by atoms with Gasteiger partial charge in [-0.05, 0) is 26.1 Å². The van der Waals surface area contributed by atoms with Gasteiger partial charge in [-0.15, -0.1) is 0 Å². The lowest BCUT2D eigenvalue weighted by molar-refractivity contribution is 0.0927. The van der Waals surface area contributed by atoms with Crippen molar-refractivity contribution in [3.63, 3.8) is 0 Å². The second kappa shape index (κ2) is 9.56. The van der Waals surface area contributed by atoms with Crippen molar-refractivity contribution in [2.24, 2.45) is 0 Å². The van der Waals surface area contributed by atoms with Crippen LogP contribution in [0.1, 0.15) is 30.0 Å². The number of furan rings is 1. The van der Waals surface area contributed by atoms with Crippen LogP contribution >= 0.6 is 0 Å². The minimum Gasteiger partial charge on any atom is -0.490 e. The second-order valence-electron chi connectivity index (χ2n) is 6.57. The van der Waals surface area contributed by atoms with E-state index < -0.39 is 6.10 Å². The number of likely N-dealkylation sites (N-methyl/N-ethyl adjacent to an activating group) is 1. The van der Waals surface area contributed by atoms with Gasteiger partial charge in [0.1, 0.15) is 24.0 Å². The molecule has 1 aromatic carbocycles. The van der Waals surface area contributed by atoms with Crippen molar-refractivity contribution in [1.82, 2.24) is 16.0 Å². The minimum absolute atomic E-state index is 0.160. The number of nitrogens with one attached hydrogen (secondary N) is 3. The summed E-state index contributed by atoms with van der Waals surface area (Å²) in [5.74, 6) is 0.636. The number of ether oxygens (including phenoxy) is 1. The predicted octanol–water partition coefficient (Wildman–Crippen LogP) is 1.43. The summed E-state index contributed by atoms with van der Waals surface area (Å²) in [4.78, 5) is 12.3. The van der Waals surface area contributed by atoms with Gasteiger partial charge >= 0.3 is 0 Å². The number of aliphatic hydroxyl groups excluding tert-OH is 1. The van der Waals surface area contributed by atoms with E-state index in [0.29, 0.717) is 37.0 Å². The number of carbonyl (C=O) groups is 1. The summed E-state index contributed by atoms with van der Waals surface area (Å²) in [6.45, 7) is 7.69. The first kappa shape index (κ1) is 20.2. The van der Waals surface area contributed by atoms with Gasteiger partial charge < -0.3 is 30.2 Å². The zero-order valence-corrected chi connectivity index (χ0v) is 15.9. The molecule has 0 spiro atoms. The van der Waals surface area contributed by atoms with Gasteiger partial charge in [-0.1, -0.05) is 19.9 Å². The zero-order valence-electron chi connectivity index (χ0n) is 15.9. The van der Waals surface area contributed by atoms with Crippen molar-refractivity contribution in [1.29, 1.82) is 0 Å². The molecule has 7 heteroatoms. The minimum atomic E-state index is -0.621. The molecule has 0 aliphatic heterocycles. The van der Waals surface area contributed by atoms with Crippen LogP contribution in [-0.4, -0.2) is 56.4 Å². The maximum atomic E-state index is 12.3. The van der Waals surface area contributed by atoms with E-state index in [2.05, 4.69) is 16.0 Å². The first-order chi connectivity index (χ1) is 12.4. The number of aliphatic hydroxyl groups is 1. The molecule has 2 rings (SSSR count). The van der Waals surface area contributed by atoms with Crippen molar-refractivity contribution in [2.75, 3.05) is 33.3 Å². The molecule has 1 heterocycles. The molecule has 0 aliphatic rings. The summed E-state index contributed by atoms with van der Waals surface area (Å²) < 4.78 is 11.5. The predicted molar refractivity (Wildman–Crippen MR) is 102 cm³/mol. The normalized spacial score (nSPS) is 12.5. The van der Waals surface area contributed by atoms with E-state index in [1.54, 1.807) is 6.07 Å². The molecule has 0 bridgehead atoms. The summed E-state index contributed by atoms with van der Waals surface area (Å²) in [6.07, 6.45) is -0.621. The van der Waals surface area contributed by atoms with E-state index in [0.717, 1.165) is 10.9 Å². The van der Waals surface area contributed by atoms with E-state index in [9.17, 15) is 9.90 Å². The largest absolute Gasteiger partial charge is 0.490 e. The number of hydrogen-bond donors (Lipinski definition) is 4. The van der Waals surface area contributed by atoms with Gasteiger partial charge in [-0.2, -0.15) is 0 Å². The summed E-state index contributed by atoms with van der Waals surface area (Å²) in [5.41, 5.74) is 1.32. The fourth-order valence-corrected chi connectivity index (χ4v) is 2.60. The molecule has 1 atom stereocenters. The van der Waals surface area contributed by atoms with Crippen LogP contribution in [0.15, 0.2) is 22.6 Å². The quantitative estimate of drug-likeness (QED) is 0.477. The molecule has 4 N–H and O–H groups in total. The fraction of sp³-hybridized carbons (Fsp3) is 0.526. The Labute approximate surface area is 154 Å². The number of fused-ring (bicyclic) bond motifs is 1. The highest BCUT2D eigenvalue weighted by Crippen LogP contribution is 2.33. The smallest absolute Gasteiger partial charge is 0.287 e. The Morgan fingerprint density at radius 3 is 2.77 bits per heavy atom. The summed E-state index contributed by atoms with van der Waals surface area (Å²) in [7, 11) is 1.83. The van der Waals surface area contributed by atoms with E-state index in [1.807, 2.05) is 40.0 Å². The lowest BCUT2D eigenvalue weighted by Gasteiger charge is -2.15. The first-order valence-corrected chi connectivity index (χ1v) is 8.93. The summed E-state index contributed by atoms with van der Waals surface area (Å²) in [6, 6.07) is 5.72. The molecule has 26 heavy (non-hydrogen) atoms. The third-order valence-electron chi connectivity index (χ3n) is 3.98. The monoisotopic (exact) mass is 363 g/mol. The summed E-state index contributed by atoms with van der Waals surface area (Å²) in [5, 5.41) is 19.7. The number of rotatable bonds is 10. The number of amides is 1. The molecule has 0 unspecified atom stereocenters. The Morgan fingerprint density at radius 1 is 1.31 bits per heavy atom. The van der Waals surface area contributed by atoms with Crippen LogP contribution in [0.3, 0.4) is 0 Å². The third-order valence-corrected chi connectivity index (χ3v) is 3.98. The lowest BCUT2D eigenvalue weighted by Crippen LogP contribution is -2.35. The zero-order chi connectivity index (χ0) is 19.1. The maximum absolute atomic E-state index is 12.3. The number of aryl methyl sites for hydroxylation is 1. The summed E-state index contributed by atoms with van der Waals surface area (Å²) >= 11 is 0. The van der Waals surface area contributed by atoms with Crippen LogP contribution in [0.5, 0.6) is 5.75 Å². The van der Waals surface area contributed by atoms with Gasteiger partial charge in [0, 0.05) is 31.2 Å². The molecule has 144 valence electrons. The first-order valence-electron chi connectivity index (χ1n) is 8.93. The fourth-order valence-electron chi connectivity index (χ4n) is 2.60. The van der Waals surface area contributed by atoms with Crippen molar-refractivity contribution >= 4 is 16.9 Å². The van der Waals surface area contributed by atoms with Gasteiger partial charge in [0.15, 0.2) is 5.76 Å². The van der Waals surface area contributed by atoms with E-state index in [-0.39, 0.29) is 18.3 Å². The molecule has 1 amide bonds. The molecular formula is C19H29N3O4. The van der Waals surface area contributed by atoms with Crippen molar-refractivity contribution < 1.29 is 19.1 Å². The number of benzene rings is 1. The molecule has 0 saturated heterocycles. The molecular weight excluding hydrogens is 334 g/mol. The van der Waals surface area contributed by atoms with Crippen LogP contribution < -0.4 is 20.7 Å². The highest BCUT2D eigenvalue weighted by molar-refractivity contribution is 6.00. The molecule has 0 saturated carbocycles. The lowest BCUT2D eigenvalue weighted by atomic mass is 10.1. The van der Waals surface area contributed by atoms with Crippen LogP contribution in [0, 0.1) is 6.92 Å². The van der Waals surface area contributed by atoms with Crippen LogP contribution in [-0.2, 0) is 0 Å². The Bertz CT molecular complexity index is 727. The Kier molecular flexibility index (Phi) is 7.44. The number of carbonyl (C=O) groups excluding carboxylic acids is 1. The highest BCUT2D eigenvalue weighted by Gasteiger charge is 2.20. The van der Waals surface area contributed by atoms with Crippen LogP contribution in [0.25, 0.3) is 11.0 Å². The van der Waals surface area contributed by atoms with Crippen LogP contribution in [0.2, 0.25) is 0 Å². The standard InChI is InChI=1S/C19H29N3O4/c1-12(2)22-10-14(23)11-25-15-6-5-7-16-17(15)13(3)18(26-16)19(24)21-9-8-20-4/h5-7,12,14,20,22-23H,8-11H2,1-4H3,(H,21,24)/t14-/m0/s1. The Balaban J connectivity index is 2.12. The van der Waals surface area contributed by atoms with Crippen LogP contribution in [0.4, 0.5) is 0 Å². The molecule has 0 radical (unpaired) electrons. The molecule has 1 aromatic heterocycles. The van der Waals surface area contributed by atoms with E-state index in [1.165, 1.54) is 0 Å². The van der Waals surface area contributed by atoms with Gasteiger partial charge in [0.05, 0.1) is 5.39 Å². The van der Waals surface area contributed by atoms with Gasteiger partial charge in [-0.3, -0.25) is 4.79 Å². The average Bonchev–Trinajstić information content (AvgIpc) is 2.96. The van der Waals surface area contributed by atoms with Crippen molar-refractivity contribution in [3.8, 4) is 5.75 Å². The van der Waals surface area contributed by atoms with Crippen molar-refractivity contribution in [2.45, 2.75) is 32.9 Å². The second-order valence-corrected chi connectivity index (χ2v) is 6.57. The SMILES string of the molecule is CNCCNC(=O)c1oc2cccc(OC[C@@H](O)CNC(C)C)c2c1C. The van der Waals surface area contributed by atoms with E-state index >= 15 is 0 Å². The topological polar surface area (TPSA) is 95.8 Å². The molecule has 7 nitrogen and oxygen atoms in total. The van der Waals surface area contributed by atoms with Gasteiger partial charge in [0.2, 0.25) is 0 Å². The Morgan fingerprint density at radius 2 is 2.08 bits per heavy atom. The maximum Gasteiger partial charge on any atom is 0.287 e. The third kappa shape index (κ3) is 5.20. The number of hydrogen-bond acceptors (Lipinski definition) is 6. The van der Waals surface area contributed by atoms with E-state index in [4.69, 9.17) is 9.15 Å². The Hall–Kier alpha value is -2.09. The highest BCUT2D eigenvalue weighted by atomic mass is 16.5. The van der Waals surface area contributed by atoms with Gasteiger partial charge in [-0.25, -0.2) is 0 Å². The average molecular weight is 363 g/mol. The molecule has 2 aromatic rings. The molecule has 0 aliphatic carbocycles. The molecule has 0 fully saturated rings. The van der Waals surface area contributed by atoms with Crippen molar-refractivity contribution in [3.05, 3.63) is 29.5 Å². The van der Waals surface area contributed by atoms with Gasteiger partial charge in [0.25, 0.3) is 5.91 Å².